The molecule has 0 aromatic heterocycles. The van der Waals surface area contributed by atoms with Gasteiger partial charge in [0.2, 0.25) is 5.91 Å². The third-order valence-corrected chi connectivity index (χ3v) is 6.79. The van der Waals surface area contributed by atoms with Gasteiger partial charge >= 0.3 is 0 Å². The Balaban J connectivity index is 1.30. The minimum Gasteiger partial charge on any atom is -0.342 e. The predicted molar refractivity (Wildman–Crippen MR) is 110 cm³/mol. The van der Waals surface area contributed by atoms with Crippen LogP contribution in [-0.4, -0.2) is 71.8 Å². The zero-order chi connectivity index (χ0) is 19.5. The minimum atomic E-state index is 0.152. The van der Waals surface area contributed by atoms with E-state index >= 15 is 0 Å². The fourth-order valence-electron chi connectivity index (χ4n) is 5.05. The van der Waals surface area contributed by atoms with Crippen LogP contribution in [0.15, 0.2) is 24.3 Å². The van der Waals surface area contributed by atoms with Gasteiger partial charge in [-0.05, 0) is 64.1 Å². The lowest BCUT2D eigenvalue weighted by molar-refractivity contribution is -0.136. The second-order valence-electron chi connectivity index (χ2n) is 8.76. The van der Waals surface area contributed by atoms with Crippen molar-refractivity contribution in [3.05, 3.63) is 35.4 Å². The SMILES string of the molecule is Cc1ccc(C(=O)N2CCC(N3CCC[C@H](C(=O)N4CCCC4)C3)CC2)cc1. The standard InChI is InChI=1S/C23H33N3O2/c1-18-6-8-19(9-7-18)22(27)25-15-10-21(11-16-25)26-14-4-5-20(17-26)23(28)24-12-2-3-13-24/h6-9,20-21H,2-5,10-17H2,1H3/t20-/m0/s1. The van der Waals surface area contributed by atoms with E-state index in [1.54, 1.807) is 0 Å². The van der Waals surface area contributed by atoms with E-state index in [1.807, 2.05) is 36.1 Å². The quantitative estimate of drug-likeness (QED) is 0.806. The molecule has 28 heavy (non-hydrogen) atoms. The van der Waals surface area contributed by atoms with Crippen molar-refractivity contribution in [2.75, 3.05) is 39.3 Å². The molecule has 1 aromatic carbocycles. The summed E-state index contributed by atoms with van der Waals surface area (Å²) < 4.78 is 0. The largest absolute Gasteiger partial charge is 0.342 e. The molecule has 0 saturated carbocycles. The lowest BCUT2D eigenvalue weighted by atomic mass is 9.92. The van der Waals surface area contributed by atoms with Crippen molar-refractivity contribution in [2.45, 2.75) is 51.5 Å². The van der Waals surface area contributed by atoms with Gasteiger partial charge in [0.05, 0.1) is 5.92 Å². The average Bonchev–Trinajstić information content (AvgIpc) is 3.28. The van der Waals surface area contributed by atoms with Crippen molar-refractivity contribution in [3.8, 4) is 0 Å². The Morgan fingerprint density at radius 1 is 0.821 bits per heavy atom. The lowest BCUT2D eigenvalue weighted by Crippen LogP contribution is -2.51. The van der Waals surface area contributed by atoms with Crippen molar-refractivity contribution in [3.63, 3.8) is 0 Å². The first-order valence-electron chi connectivity index (χ1n) is 11.0. The van der Waals surface area contributed by atoms with Gasteiger partial charge in [-0.1, -0.05) is 17.7 Å². The Hall–Kier alpha value is -1.88. The summed E-state index contributed by atoms with van der Waals surface area (Å²) in [7, 11) is 0. The molecule has 0 spiro atoms. The fraction of sp³-hybridized carbons (Fsp3) is 0.652. The second-order valence-corrected chi connectivity index (χ2v) is 8.76. The maximum absolute atomic E-state index is 12.8. The van der Waals surface area contributed by atoms with Crippen molar-refractivity contribution in [1.29, 1.82) is 0 Å². The van der Waals surface area contributed by atoms with Gasteiger partial charge in [-0.2, -0.15) is 0 Å². The van der Waals surface area contributed by atoms with Crippen molar-refractivity contribution >= 4 is 11.8 Å². The molecule has 0 aliphatic carbocycles. The number of hydrogen-bond acceptors (Lipinski definition) is 3. The Labute approximate surface area is 168 Å². The van der Waals surface area contributed by atoms with Crippen molar-refractivity contribution in [1.82, 2.24) is 14.7 Å². The highest BCUT2D eigenvalue weighted by atomic mass is 16.2. The van der Waals surface area contributed by atoms with Crippen LogP contribution in [0.25, 0.3) is 0 Å². The van der Waals surface area contributed by atoms with Crippen LogP contribution >= 0.6 is 0 Å². The summed E-state index contributed by atoms with van der Waals surface area (Å²) in [5.41, 5.74) is 1.97. The van der Waals surface area contributed by atoms with Crippen LogP contribution in [0.2, 0.25) is 0 Å². The second kappa shape index (κ2) is 8.64. The minimum absolute atomic E-state index is 0.152. The monoisotopic (exact) mass is 383 g/mol. The predicted octanol–water partition coefficient (Wildman–Crippen LogP) is 2.93. The number of amides is 2. The summed E-state index contributed by atoms with van der Waals surface area (Å²) in [4.78, 5) is 32.2. The molecule has 5 nitrogen and oxygen atoms in total. The molecule has 0 radical (unpaired) electrons. The van der Waals surface area contributed by atoms with Crippen LogP contribution < -0.4 is 0 Å². The molecule has 4 rings (SSSR count). The van der Waals surface area contributed by atoms with Gasteiger partial charge in [-0.15, -0.1) is 0 Å². The number of piperidine rings is 2. The highest BCUT2D eigenvalue weighted by molar-refractivity contribution is 5.94. The molecule has 3 heterocycles. The van der Waals surface area contributed by atoms with Gasteiger partial charge in [0, 0.05) is 44.3 Å². The van der Waals surface area contributed by atoms with Gasteiger partial charge in [-0.25, -0.2) is 0 Å². The van der Waals surface area contributed by atoms with Crippen LogP contribution in [0.3, 0.4) is 0 Å². The lowest BCUT2D eigenvalue weighted by Gasteiger charge is -2.42. The Morgan fingerprint density at radius 3 is 2.18 bits per heavy atom. The van der Waals surface area contributed by atoms with Crippen LogP contribution in [0.1, 0.15) is 54.4 Å². The summed E-state index contributed by atoms with van der Waals surface area (Å²) in [5.74, 6) is 0.715. The molecule has 0 bridgehead atoms. The van der Waals surface area contributed by atoms with E-state index in [2.05, 4.69) is 9.80 Å². The van der Waals surface area contributed by atoms with Gasteiger partial charge in [-0.3, -0.25) is 14.5 Å². The number of carbonyl (C=O) groups is 2. The molecule has 3 fully saturated rings. The number of hydrogen-bond donors (Lipinski definition) is 0. The third-order valence-electron chi connectivity index (χ3n) is 6.79. The molecular weight excluding hydrogens is 350 g/mol. The van der Waals surface area contributed by atoms with Gasteiger partial charge in [0.15, 0.2) is 0 Å². The van der Waals surface area contributed by atoms with Gasteiger partial charge < -0.3 is 9.80 Å². The number of carbonyl (C=O) groups excluding carboxylic acids is 2. The summed E-state index contributed by atoms with van der Waals surface area (Å²) in [5, 5.41) is 0. The summed E-state index contributed by atoms with van der Waals surface area (Å²) >= 11 is 0. The van der Waals surface area contributed by atoms with Gasteiger partial charge in [0.1, 0.15) is 0 Å². The fourth-order valence-corrected chi connectivity index (χ4v) is 5.05. The van der Waals surface area contributed by atoms with E-state index < -0.39 is 0 Å². The topological polar surface area (TPSA) is 43.9 Å². The molecular formula is C23H33N3O2. The van der Waals surface area contributed by atoms with E-state index in [1.165, 1.54) is 5.56 Å². The Kier molecular flexibility index (Phi) is 6.00. The third kappa shape index (κ3) is 4.24. The zero-order valence-corrected chi connectivity index (χ0v) is 17.1. The summed E-state index contributed by atoms with van der Waals surface area (Å²) in [6, 6.07) is 8.39. The molecule has 0 unspecified atom stereocenters. The average molecular weight is 384 g/mol. The van der Waals surface area contributed by atoms with Crippen molar-refractivity contribution in [2.24, 2.45) is 5.92 Å². The summed E-state index contributed by atoms with van der Waals surface area (Å²) in [6.07, 6.45) is 6.51. The highest BCUT2D eigenvalue weighted by Crippen LogP contribution is 2.26. The first kappa shape index (κ1) is 19.4. The Morgan fingerprint density at radius 2 is 1.50 bits per heavy atom. The Bertz CT molecular complexity index is 688. The van der Waals surface area contributed by atoms with Crippen molar-refractivity contribution < 1.29 is 9.59 Å². The van der Waals surface area contributed by atoms with E-state index in [-0.39, 0.29) is 11.8 Å². The van der Waals surface area contributed by atoms with E-state index in [9.17, 15) is 9.59 Å². The molecule has 1 atom stereocenters. The molecule has 0 N–H and O–H groups in total. The van der Waals surface area contributed by atoms with Crippen LogP contribution in [-0.2, 0) is 4.79 Å². The van der Waals surface area contributed by atoms with E-state index in [0.717, 1.165) is 83.4 Å². The molecule has 2 amide bonds. The first-order chi connectivity index (χ1) is 13.6. The summed E-state index contributed by atoms with van der Waals surface area (Å²) in [6.45, 7) is 7.59. The number of rotatable bonds is 3. The van der Waals surface area contributed by atoms with E-state index in [4.69, 9.17) is 0 Å². The highest BCUT2D eigenvalue weighted by Gasteiger charge is 2.34. The zero-order valence-electron chi connectivity index (χ0n) is 17.1. The number of nitrogens with zero attached hydrogens (tertiary/aromatic N) is 3. The number of benzene rings is 1. The van der Waals surface area contributed by atoms with Gasteiger partial charge in [0.25, 0.3) is 5.91 Å². The van der Waals surface area contributed by atoms with Crippen LogP contribution in [0.4, 0.5) is 0 Å². The molecule has 3 aliphatic rings. The van der Waals surface area contributed by atoms with E-state index in [0.29, 0.717) is 11.9 Å². The molecule has 3 aliphatic heterocycles. The van der Waals surface area contributed by atoms with Crippen LogP contribution in [0.5, 0.6) is 0 Å². The maximum atomic E-state index is 12.8. The smallest absolute Gasteiger partial charge is 0.253 e. The molecule has 5 heteroatoms. The maximum Gasteiger partial charge on any atom is 0.253 e. The van der Waals surface area contributed by atoms with Crippen LogP contribution in [0, 0.1) is 12.8 Å². The first-order valence-corrected chi connectivity index (χ1v) is 11.0. The molecule has 3 saturated heterocycles. The normalized spacial score (nSPS) is 24.5. The number of likely N-dealkylation sites (tertiary alicyclic amines) is 3. The molecule has 1 aromatic rings. The molecule has 152 valence electrons. The number of aryl methyl sites for hydroxylation is 1.